The summed E-state index contributed by atoms with van der Waals surface area (Å²) in [4.78, 5) is 1.95. The van der Waals surface area contributed by atoms with Crippen LogP contribution in [-0.2, 0) is 4.43 Å². The molecule has 16 heavy (non-hydrogen) atoms. The lowest BCUT2D eigenvalue weighted by Crippen LogP contribution is -2.44. The van der Waals surface area contributed by atoms with Gasteiger partial charge >= 0.3 is 0 Å². The Kier molecular flexibility index (Phi) is 6.52. The predicted molar refractivity (Wildman–Crippen MR) is 79.6 cm³/mol. The van der Waals surface area contributed by atoms with Crippen molar-refractivity contribution in [3.05, 3.63) is 11.1 Å². The van der Waals surface area contributed by atoms with E-state index in [1.54, 1.807) is 0 Å². The molecule has 0 unspecified atom stereocenters. The van der Waals surface area contributed by atoms with Crippen molar-refractivity contribution >= 4 is 24.2 Å². The van der Waals surface area contributed by atoms with E-state index in [1.165, 1.54) is 0 Å². The van der Waals surface area contributed by atoms with E-state index < -0.39 is 8.32 Å². The molecule has 0 heterocycles. The summed E-state index contributed by atoms with van der Waals surface area (Å²) in [6, 6.07) is 0. The molecule has 96 valence electrons. The number of halogens is 1. The molecule has 0 radical (unpaired) electrons. The first-order valence-electron chi connectivity index (χ1n) is 6.10. The average Bonchev–Trinajstić information content (AvgIpc) is 2.11. The van der Waals surface area contributed by atoms with Gasteiger partial charge < -0.3 is 4.43 Å². The molecule has 0 aromatic rings. The molecule has 0 N–H and O–H groups in total. The second kappa shape index (κ2) is 6.36. The lowest BCUT2D eigenvalue weighted by Gasteiger charge is -2.40. The standard InChI is InChI=1S/C13H27BrOSi/c1-8-12(9-10-14)11(2)15-16(6,7)13(3,4)5/h9-12H,8H2,1-7H3/b10-9-/t11-,12+/m1/s1. The Labute approximate surface area is 111 Å². The van der Waals surface area contributed by atoms with Crippen molar-refractivity contribution in [2.75, 3.05) is 0 Å². The molecule has 0 aromatic carbocycles. The maximum atomic E-state index is 6.37. The van der Waals surface area contributed by atoms with Gasteiger partial charge in [-0.2, -0.15) is 0 Å². The van der Waals surface area contributed by atoms with Crippen molar-refractivity contribution in [3.8, 4) is 0 Å². The third-order valence-electron chi connectivity index (χ3n) is 3.68. The fraction of sp³-hybridized carbons (Fsp3) is 0.846. The first-order valence-corrected chi connectivity index (χ1v) is 9.92. The minimum Gasteiger partial charge on any atom is -0.414 e. The van der Waals surface area contributed by atoms with Gasteiger partial charge in [-0.05, 0) is 36.5 Å². The Morgan fingerprint density at radius 3 is 2.12 bits per heavy atom. The van der Waals surface area contributed by atoms with Crippen LogP contribution in [0.3, 0.4) is 0 Å². The molecule has 0 bridgehead atoms. The van der Waals surface area contributed by atoms with Gasteiger partial charge in [0.05, 0.1) is 0 Å². The van der Waals surface area contributed by atoms with Crippen LogP contribution < -0.4 is 0 Å². The van der Waals surface area contributed by atoms with Gasteiger partial charge in [-0.3, -0.25) is 0 Å². The monoisotopic (exact) mass is 306 g/mol. The number of hydrogen-bond acceptors (Lipinski definition) is 1. The summed E-state index contributed by atoms with van der Waals surface area (Å²) in [5.41, 5.74) is 0. The molecule has 3 heteroatoms. The highest BCUT2D eigenvalue weighted by atomic mass is 79.9. The molecule has 0 saturated heterocycles. The van der Waals surface area contributed by atoms with Gasteiger partial charge in [-0.15, -0.1) is 0 Å². The SMILES string of the molecule is CC[C@@H](/C=C\Br)[C@@H](C)O[Si](C)(C)C(C)(C)C. The summed E-state index contributed by atoms with van der Waals surface area (Å²) in [5.74, 6) is 0.508. The van der Waals surface area contributed by atoms with Crippen molar-refractivity contribution in [3.63, 3.8) is 0 Å². The molecule has 0 aromatic heterocycles. The Morgan fingerprint density at radius 1 is 1.31 bits per heavy atom. The molecular formula is C13H27BrOSi. The van der Waals surface area contributed by atoms with Crippen LogP contribution in [0.5, 0.6) is 0 Å². The minimum absolute atomic E-state index is 0.289. The van der Waals surface area contributed by atoms with E-state index in [0.717, 1.165) is 6.42 Å². The van der Waals surface area contributed by atoms with Crippen molar-refractivity contribution in [1.82, 2.24) is 0 Å². The Bertz CT molecular complexity index is 231. The number of hydrogen-bond donors (Lipinski definition) is 0. The van der Waals surface area contributed by atoms with E-state index in [4.69, 9.17) is 4.43 Å². The van der Waals surface area contributed by atoms with E-state index in [2.05, 4.69) is 69.7 Å². The van der Waals surface area contributed by atoms with E-state index >= 15 is 0 Å². The van der Waals surface area contributed by atoms with Crippen LogP contribution in [-0.4, -0.2) is 14.4 Å². The summed E-state index contributed by atoms with van der Waals surface area (Å²) in [7, 11) is -1.63. The summed E-state index contributed by atoms with van der Waals surface area (Å²) in [6.07, 6.45) is 3.62. The molecule has 1 nitrogen and oxygen atoms in total. The molecule has 0 spiro atoms. The van der Waals surface area contributed by atoms with Crippen LogP contribution in [0.25, 0.3) is 0 Å². The fourth-order valence-corrected chi connectivity index (χ4v) is 3.30. The highest BCUT2D eigenvalue weighted by Crippen LogP contribution is 2.38. The van der Waals surface area contributed by atoms with Crippen molar-refractivity contribution in [1.29, 1.82) is 0 Å². The fourth-order valence-electron chi connectivity index (χ4n) is 1.45. The minimum atomic E-state index is -1.63. The van der Waals surface area contributed by atoms with Crippen molar-refractivity contribution in [2.24, 2.45) is 5.92 Å². The largest absolute Gasteiger partial charge is 0.414 e. The zero-order valence-corrected chi connectivity index (χ0v) is 14.4. The second-order valence-electron chi connectivity index (χ2n) is 5.97. The Balaban J connectivity index is 4.60. The third-order valence-corrected chi connectivity index (χ3v) is 8.56. The van der Waals surface area contributed by atoms with Gasteiger partial charge in [0.25, 0.3) is 0 Å². The van der Waals surface area contributed by atoms with E-state index in [-0.39, 0.29) is 5.04 Å². The average molecular weight is 307 g/mol. The molecule has 0 aliphatic heterocycles. The van der Waals surface area contributed by atoms with Crippen LogP contribution in [0.2, 0.25) is 18.1 Å². The van der Waals surface area contributed by atoms with Crippen LogP contribution in [0.15, 0.2) is 11.1 Å². The van der Waals surface area contributed by atoms with Gasteiger partial charge in [-0.25, -0.2) is 0 Å². The van der Waals surface area contributed by atoms with Crippen LogP contribution >= 0.6 is 15.9 Å². The zero-order chi connectivity index (χ0) is 13.0. The van der Waals surface area contributed by atoms with Gasteiger partial charge in [0.15, 0.2) is 8.32 Å². The van der Waals surface area contributed by atoms with E-state index in [0.29, 0.717) is 12.0 Å². The van der Waals surface area contributed by atoms with Crippen LogP contribution in [0.1, 0.15) is 41.0 Å². The Hall–Kier alpha value is 0.397. The molecule has 0 rings (SSSR count). The second-order valence-corrected chi connectivity index (χ2v) is 11.3. The first kappa shape index (κ1) is 16.4. The van der Waals surface area contributed by atoms with Gasteiger partial charge in [0.1, 0.15) is 0 Å². The zero-order valence-electron chi connectivity index (χ0n) is 11.8. The molecule has 0 fully saturated rings. The van der Waals surface area contributed by atoms with Crippen LogP contribution in [0, 0.1) is 5.92 Å². The maximum Gasteiger partial charge on any atom is 0.192 e. The highest BCUT2D eigenvalue weighted by Gasteiger charge is 2.39. The van der Waals surface area contributed by atoms with E-state index in [1.807, 2.05) is 4.99 Å². The summed E-state index contributed by atoms with van der Waals surface area (Å²) >= 11 is 3.35. The van der Waals surface area contributed by atoms with Crippen molar-refractivity contribution < 1.29 is 4.43 Å². The quantitative estimate of drug-likeness (QED) is 0.624. The molecule has 0 aliphatic rings. The smallest absolute Gasteiger partial charge is 0.192 e. The molecule has 0 amide bonds. The third kappa shape index (κ3) is 4.72. The summed E-state index contributed by atoms with van der Waals surface area (Å²) in [6.45, 7) is 15.9. The normalized spacial score (nSPS) is 17.8. The maximum absolute atomic E-state index is 6.37. The first-order chi connectivity index (χ1) is 7.15. The van der Waals surface area contributed by atoms with Crippen LogP contribution in [0.4, 0.5) is 0 Å². The molecule has 2 atom stereocenters. The summed E-state index contributed by atoms with van der Waals surface area (Å²) in [5, 5.41) is 0.289. The Morgan fingerprint density at radius 2 is 1.81 bits per heavy atom. The lowest BCUT2D eigenvalue weighted by molar-refractivity contribution is 0.154. The molecule has 0 aliphatic carbocycles. The highest BCUT2D eigenvalue weighted by molar-refractivity contribution is 9.11. The predicted octanol–water partition coefficient (Wildman–Crippen LogP) is 5.33. The topological polar surface area (TPSA) is 9.23 Å². The van der Waals surface area contributed by atoms with Gasteiger partial charge in [0.2, 0.25) is 0 Å². The van der Waals surface area contributed by atoms with Crippen molar-refractivity contribution in [2.45, 2.75) is 65.3 Å². The molecular weight excluding hydrogens is 280 g/mol. The van der Waals surface area contributed by atoms with Gasteiger partial charge in [0, 0.05) is 12.0 Å². The number of rotatable bonds is 5. The van der Waals surface area contributed by atoms with E-state index in [9.17, 15) is 0 Å². The lowest BCUT2D eigenvalue weighted by atomic mass is 10.0. The summed E-state index contributed by atoms with van der Waals surface area (Å²) < 4.78 is 6.37. The van der Waals surface area contributed by atoms with Gasteiger partial charge in [-0.1, -0.05) is 49.7 Å². The molecule has 0 saturated carbocycles.